The van der Waals surface area contributed by atoms with E-state index in [0.29, 0.717) is 0 Å². The molecule has 0 amide bonds. The fourth-order valence-corrected chi connectivity index (χ4v) is 7.59. The maximum atomic E-state index is 6.54. The zero-order chi connectivity index (χ0) is 32.3. The van der Waals surface area contributed by atoms with Crippen molar-refractivity contribution in [3.8, 4) is 33.5 Å². The van der Waals surface area contributed by atoms with Gasteiger partial charge in [0.1, 0.15) is 11.2 Å². The van der Waals surface area contributed by atoms with E-state index in [1.807, 2.05) is 24.4 Å². The van der Waals surface area contributed by atoms with Gasteiger partial charge in [-0.2, -0.15) is 0 Å². The summed E-state index contributed by atoms with van der Waals surface area (Å²) in [6.07, 6.45) is 12.9. The van der Waals surface area contributed by atoms with Crippen molar-refractivity contribution in [2.75, 3.05) is 0 Å². The molecule has 0 bridgehead atoms. The highest BCUT2D eigenvalue weighted by atomic mass is 16.3. The van der Waals surface area contributed by atoms with Crippen LogP contribution in [0.2, 0.25) is 0 Å². The molecular formula is C46H30N2O. The smallest absolute Gasteiger partial charge is 0.144 e. The molecule has 9 aromatic rings. The van der Waals surface area contributed by atoms with E-state index in [1.165, 1.54) is 27.0 Å². The average Bonchev–Trinajstić information content (AvgIpc) is 3.53. The van der Waals surface area contributed by atoms with Crippen molar-refractivity contribution in [1.29, 1.82) is 0 Å². The maximum Gasteiger partial charge on any atom is 0.144 e. The van der Waals surface area contributed by atoms with Gasteiger partial charge in [0.25, 0.3) is 0 Å². The molecule has 3 aromatic heterocycles. The molecule has 0 spiro atoms. The fourth-order valence-electron chi connectivity index (χ4n) is 7.59. The molecule has 0 saturated heterocycles. The number of fused-ring (bicyclic) bond motifs is 10. The monoisotopic (exact) mass is 626 g/mol. The van der Waals surface area contributed by atoms with Crippen molar-refractivity contribution >= 4 is 66.7 Å². The van der Waals surface area contributed by atoms with Crippen LogP contribution in [0.4, 0.5) is 0 Å². The Bertz CT molecular complexity index is 2930. The number of hydrogen-bond donors (Lipinski definition) is 0. The van der Waals surface area contributed by atoms with E-state index in [2.05, 4.69) is 133 Å². The molecule has 0 radical (unpaired) electrons. The molecule has 49 heavy (non-hydrogen) atoms. The molecule has 0 saturated carbocycles. The third kappa shape index (κ3) is 4.51. The quantitative estimate of drug-likeness (QED) is 0.183. The largest absolute Gasteiger partial charge is 0.455 e. The second-order valence-corrected chi connectivity index (χ2v) is 12.8. The van der Waals surface area contributed by atoms with E-state index in [9.17, 15) is 0 Å². The Morgan fingerprint density at radius 1 is 0.571 bits per heavy atom. The predicted octanol–water partition coefficient (Wildman–Crippen LogP) is 10.7. The minimum absolute atomic E-state index is 0.900. The second kappa shape index (κ2) is 11.1. The lowest BCUT2D eigenvalue weighted by Gasteiger charge is -2.12. The summed E-state index contributed by atoms with van der Waals surface area (Å²) in [6.45, 7) is 0. The van der Waals surface area contributed by atoms with Gasteiger partial charge in [-0.25, -0.2) is 4.98 Å². The number of pyridine rings is 2. The molecule has 1 aliphatic carbocycles. The Morgan fingerprint density at radius 3 is 2.31 bits per heavy atom. The number of aromatic nitrogens is 2. The van der Waals surface area contributed by atoms with Crippen molar-refractivity contribution in [1.82, 2.24) is 9.97 Å². The molecule has 0 N–H and O–H groups in total. The molecule has 230 valence electrons. The molecule has 6 aromatic carbocycles. The van der Waals surface area contributed by atoms with Gasteiger partial charge in [-0.3, -0.25) is 4.98 Å². The van der Waals surface area contributed by atoms with Gasteiger partial charge in [0, 0.05) is 49.3 Å². The highest BCUT2D eigenvalue weighted by Gasteiger charge is 2.17. The summed E-state index contributed by atoms with van der Waals surface area (Å²) in [5.74, 6) is 0. The van der Waals surface area contributed by atoms with Gasteiger partial charge >= 0.3 is 0 Å². The normalized spacial score (nSPS) is 15.0. The average molecular weight is 627 g/mol. The van der Waals surface area contributed by atoms with Gasteiger partial charge in [-0.05, 0) is 76.7 Å². The zero-order valence-electron chi connectivity index (χ0n) is 26.7. The van der Waals surface area contributed by atoms with Crippen molar-refractivity contribution in [3.63, 3.8) is 0 Å². The molecule has 10 rings (SSSR count). The molecule has 3 heteroatoms. The van der Waals surface area contributed by atoms with Gasteiger partial charge in [-0.15, -0.1) is 0 Å². The van der Waals surface area contributed by atoms with Crippen molar-refractivity contribution < 1.29 is 4.42 Å². The number of rotatable bonds is 3. The lowest BCUT2D eigenvalue weighted by molar-refractivity contribution is 0.673. The third-order valence-corrected chi connectivity index (χ3v) is 9.93. The van der Waals surface area contributed by atoms with Gasteiger partial charge in [0.2, 0.25) is 0 Å². The number of hydrogen-bond acceptors (Lipinski definition) is 3. The first-order valence-corrected chi connectivity index (χ1v) is 16.9. The maximum absolute atomic E-state index is 6.54. The van der Waals surface area contributed by atoms with Gasteiger partial charge in [-0.1, -0.05) is 115 Å². The standard InChI is InChI=1S/C46H30N2O/c1-2-4-14-34-32(11-3-1)28-40(36-17-10-26-47-45(34)36)30-22-20-29(21-23-30)31-12-9-13-33(27-31)44-39-25-24-37-35-15-6-8-19-42(35)49-46(37)43(39)38-16-5-7-18-41(38)48-44/h1,3,5-28H,2,4H2/b3-1-,32-11-,34-14+. The highest BCUT2D eigenvalue weighted by Crippen LogP contribution is 2.41. The Kier molecular flexibility index (Phi) is 6.31. The summed E-state index contributed by atoms with van der Waals surface area (Å²) in [5.41, 5.74) is 10.5. The lowest BCUT2D eigenvalue weighted by Crippen LogP contribution is -2.26. The summed E-state index contributed by atoms with van der Waals surface area (Å²) in [6, 6.07) is 45.3. The summed E-state index contributed by atoms with van der Waals surface area (Å²) in [7, 11) is 0. The lowest BCUT2D eigenvalue weighted by atomic mass is 9.94. The Morgan fingerprint density at radius 2 is 1.37 bits per heavy atom. The van der Waals surface area contributed by atoms with Crippen LogP contribution in [-0.2, 0) is 0 Å². The molecule has 0 unspecified atom stereocenters. The van der Waals surface area contributed by atoms with Crippen LogP contribution >= 0.6 is 0 Å². The van der Waals surface area contributed by atoms with E-state index in [0.717, 1.165) is 84.4 Å². The predicted molar refractivity (Wildman–Crippen MR) is 205 cm³/mol. The van der Waals surface area contributed by atoms with Crippen molar-refractivity contribution in [2.45, 2.75) is 12.8 Å². The van der Waals surface area contributed by atoms with Crippen LogP contribution in [0, 0.1) is 0 Å². The first-order chi connectivity index (χ1) is 24.3. The number of para-hydroxylation sites is 2. The van der Waals surface area contributed by atoms with Gasteiger partial charge < -0.3 is 4.42 Å². The van der Waals surface area contributed by atoms with E-state index < -0.39 is 0 Å². The summed E-state index contributed by atoms with van der Waals surface area (Å²) < 4.78 is 6.54. The zero-order valence-corrected chi connectivity index (χ0v) is 26.7. The van der Waals surface area contributed by atoms with Crippen molar-refractivity contribution in [3.05, 3.63) is 156 Å². The molecule has 3 heterocycles. The van der Waals surface area contributed by atoms with E-state index in [1.54, 1.807) is 0 Å². The highest BCUT2D eigenvalue weighted by molar-refractivity contribution is 6.24. The fraction of sp³-hybridized carbons (Fsp3) is 0.0435. The first-order valence-electron chi connectivity index (χ1n) is 16.9. The second-order valence-electron chi connectivity index (χ2n) is 12.8. The van der Waals surface area contributed by atoms with Crippen molar-refractivity contribution in [2.24, 2.45) is 0 Å². The first kappa shape index (κ1) is 27.8. The topological polar surface area (TPSA) is 38.9 Å². The van der Waals surface area contributed by atoms with Crippen LogP contribution in [0.25, 0.3) is 100 Å². The molecule has 0 fully saturated rings. The Hall–Kier alpha value is -6.32. The molecule has 3 nitrogen and oxygen atoms in total. The van der Waals surface area contributed by atoms with E-state index >= 15 is 0 Å². The minimum Gasteiger partial charge on any atom is -0.455 e. The van der Waals surface area contributed by atoms with E-state index in [-0.39, 0.29) is 0 Å². The van der Waals surface area contributed by atoms with Crippen LogP contribution in [0.5, 0.6) is 0 Å². The van der Waals surface area contributed by atoms with Crippen LogP contribution in [0.15, 0.2) is 150 Å². The molecule has 1 aliphatic rings. The van der Waals surface area contributed by atoms with Gasteiger partial charge in [0.15, 0.2) is 0 Å². The summed E-state index contributed by atoms with van der Waals surface area (Å²) in [4.78, 5) is 10.1. The molecule has 0 aliphatic heterocycles. The Labute approximate surface area is 282 Å². The number of benzene rings is 6. The number of nitrogens with zero attached hydrogens (tertiary/aromatic N) is 2. The van der Waals surface area contributed by atoms with Crippen LogP contribution in [-0.4, -0.2) is 9.97 Å². The number of allylic oxidation sites excluding steroid dienone is 2. The Balaban J connectivity index is 1.11. The SMILES string of the molecule is C1=C/CC\C=c2/c(cc(-c3ccc(-c4cccc(-c5nc6ccccc6c6c5ccc5c7ccccc7oc56)c4)cc3)c3cccnc23)=C\1. The minimum atomic E-state index is 0.900. The van der Waals surface area contributed by atoms with Crippen LogP contribution in [0.1, 0.15) is 12.8 Å². The number of furan rings is 1. The molecule has 0 atom stereocenters. The summed E-state index contributed by atoms with van der Waals surface area (Å²) >= 11 is 0. The van der Waals surface area contributed by atoms with Crippen LogP contribution < -0.4 is 10.4 Å². The van der Waals surface area contributed by atoms with E-state index in [4.69, 9.17) is 14.4 Å². The third-order valence-electron chi connectivity index (χ3n) is 9.93. The summed E-state index contributed by atoms with van der Waals surface area (Å²) in [5, 5.41) is 9.16. The molecular weight excluding hydrogens is 597 g/mol. The van der Waals surface area contributed by atoms with Gasteiger partial charge in [0.05, 0.1) is 16.7 Å². The van der Waals surface area contributed by atoms with Crippen LogP contribution in [0.3, 0.4) is 0 Å².